The van der Waals surface area contributed by atoms with Gasteiger partial charge in [0.25, 0.3) is 5.91 Å². The largest absolute Gasteiger partial charge is 0.296 e. The van der Waals surface area contributed by atoms with E-state index in [9.17, 15) is 4.79 Å². The van der Waals surface area contributed by atoms with Gasteiger partial charge in [-0.3, -0.25) is 14.8 Å². The van der Waals surface area contributed by atoms with Crippen molar-refractivity contribution in [3.05, 3.63) is 58.1 Å². The molecule has 0 aliphatic carbocycles. The molecule has 138 valence electrons. The van der Waals surface area contributed by atoms with Crippen LogP contribution in [0, 0.1) is 20.8 Å². The summed E-state index contributed by atoms with van der Waals surface area (Å²) in [6.45, 7) is 6.16. The molecule has 0 unspecified atom stereocenters. The zero-order valence-corrected chi connectivity index (χ0v) is 16.6. The zero-order chi connectivity index (χ0) is 19.1. The maximum Gasteiger partial charge on any atom is 0.277 e. The van der Waals surface area contributed by atoms with E-state index in [-0.39, 0.29) is 5.91 Å². The number of amides is 1. The number of rotatable bonds is 4. The van der Waals surface area contributed by atoms with Gasteiger partial charge in [0.15, 0.2) is 10.8 Å². The monoisotopic (exact) mass is 400 g/mol. The van der Waals surface area contributed by atoms with Crippen molar-refractivity contribution in [3.8, 4) is 0 Å². The van der Waals surface area contributed by atoms with E-state index in [1.807, 2.05) is 32.9 Å². The number of nitrogens with one attached hydrogen (secondary N) is 1. The van der Waals surface area contributed by atoms with Crippen molar-refractivity contribution in [2.75, 3.05) is 5.32 Å². The molecule has 0 radical (unpaired) electrons. The van der Waals surface area contributed by atoms with Gasteiger partial charge in [0, 0.05) is 6.20 Å². The molecule has 0 saturated heterocycles. The fourth-order valence-electron chi connectivity index (χ4n) is 2.76. The molecule has 4 rings (SSSR count). The second kappa shape index (κ2) is 6.79. The summed E-state index contributed by atoms with van der Waals surface area (Å²) < 4.78 is 4.44. The Morgan fingerprint density at radius 2 is 2.04 bits per heavy atom. The molecule has 0 aliphatic rings. The fraction of sp³-hybridized carbons (Fsp3) is 0.222. The molecule has 27 heavy (non-hydrogen) atoms. The third kappa shape index (κ3) is 3.45. The highest BCUT2D eigenvalue weighted by molar-refractivity contribution is 7.22. The van der Waals surface area contributed by atoms with Gasteiger partial charge < -0.3 is 0 Å². The van der Waals surface area contributed by atoms with E-state index in [4.69, 9.17) is 11.6 Å². The normalized spacial score (nSPS) is 11.3. The Morgan fingerprint density at radius 3 is 2.78 bits per heavy atom. The van der Waals surface area contributed by atoms with Crippen LogP contribution in [0.1, 0.15) is 27.4 Å². The van der Waals surface area contributed by atoms with Gasteiger partial charge in [-0.15, -0.1) is 0 Å². The van der Waals surface area contributed by atoms with Gasteiger partial charge in [-0.2, -0.15) is 10.2 Å². The molecule has 3 heterocycles. The Morgan fingerprint density at radius 1 is 1.22 bits per heavy atom. The minimum Gasteiger partial charge on any atom is -0.296 e. The SMILES string of the molecule is Cc1ccc2nc(NC(=O)c3ccn(Cn4nc(C)c(Cl)c4C)n3)sc2c1. The lowest BCUT2D eigenvalue weighted by molar-refractivity contribution is 0.102. The summed E-state index contributed by atoms with van der Waals surface area (Å²) in [6.07, 6.45) is 1.74. The third-order valence-electron chi connectivity index (χ3n) is 4.21. The first-order valence-electron chi connectivity index (χ1n) is 8.32. The lowest BCUT2D eigenvalue weighted by Gasteiger charge is -2.04. The Bertz CT molecular complexity index is 1160. The molecule has 7 nitrogen and oxygen atoms in total. The summed E-state index contributed by atoms with van der Waals surface area (Å²) in [5.41, 5.74) is 3.98. The van der Waals surface area contributed by atoms with Crippen LogP contribution in [0.3, 0.4) is 0 Å². The number of aryl methyl sites for hydroxylation is 2. The smallest absolute Gasteiger partial charge is 0.277 e. The number of anilines is 1. The van der Waals surface area contributed by atoms with Crippen molar-refractivity contribution in [3.63, 3.8) is 0 Å². The van der Waals surface area contributed by atoms with Crippen LogP contribution < -0.4 is 5.32 Å². The molecule has 0 aliphatic heterocycles. The van der Waals surface area contributed by atoms with Gasteiger partial charge >= 0.3 is 0 Å². The minimum absolute atomic E-state index is 0.295. The fourth-order valence-corrected chi connectivity index (χ4v) is 3.85. The number of hydrogen-bond donors (Lipinski definition) is 1. The van der Waals surface area contributed by atoms with E-state index < -0.39 is 0 Å². The molecule has 9 heteroatoms. The Hall–Kier alpha value is -2.71. The lowest BCUT2D eigenvalue weighted by atomic mass is 10.2. The van der Waals surface area contributed by atoms with E-state index in [1.165, 1.54) is 11.3 Å². The lowest BCUT2D eigenvalue weighted by Crippen LogP contribution is -2.15. The zero-order valence-electron chi connectivity index (χ0n) is 15.0. The van der Waals surface area contributed by atoms with Crippen LogP contribution in [0.2, 0.25) is 5.02 Å². The summed E-state index contributed by atoms with van der Waals surface area (Å²) in [5.74, 6) is -0.295. The average molecular weight is 401 g/mol. The number of fused-ring (bicyclic) bond motifs is 1. The summed E-state index contributed by atoms with van der Waals surface area (Å²) in [5, 5.41) is 12.7. The quantitative estimate of drug-likeness (QED) is 0.561. The van der Waals surface area contributed by atoms with Gasteiger partial charge in [-0.1, -0.05) is 29.0 Å². The van der Waals surface area contributed by atoms with Crippen LogP contribution >= 0.6 is 22.9 Å². The van der Waals surface area contributed by atoms with Crippen LogP contribution in [0.25, 0.3) is 10.2 Å². The second-order valence-electron chi connectivity index (χ2n) is 6.31. The number of aromatic nitrogens is 5. The molecule has 4 aromatic rings. The van der Waals surface area contributed by atoms with E-state index in [0.29, 0.717) is 22.5 Å². The Labute approximate surface area is 164 Å². The summed E-state index contributed by atoms with van der Waals surface area (Å²) in [4.78, 5) is 16.9. The molecule has 0 saturated carbocycles. The first kappa shape index (κ1) is 17.7. The minimum atomic E-state index is -0.295. The molecule has 1 N–H and O–H groups in total. The van der Waals surface area contributed by atoms with Crippen molar-refractivity contribution >= 4 is 44.2 Å². The number of benzene rings is 1. The topological polar surface area (TPSA) is 77.6 Å². The number of carbonyl (C=O) groups excluding carboxylic acids is 1. The molecular weight excluding hydrogens is 384 g/mol. The van der Waals surface area contributed by atoms with Crippen molar-refractivity contribution in [2.45, 2.75) is 27.4 Å². The van der Waals surface area contributed by atoms with Crippen molar-refractivity contribution < 1.29 is 4.79 Å². The Kier molecular flexibility index (Phi) is 4.45. The van der Waals surface area contributed by atoms with Crippen molar-refractivity contribution in [1.29, 1.82) is 0 Å². The molecule has 0 fully saturated rings. The standard InChI is InChI=1S/C18H17ClN6OS/c1-10-4-5-13-15(8-10)27-18(20-13)21-17(26)14-6-7-24(23-14)9-25-12(3)16(19)11(2)22-25/h4-8H,9H2,1-3H3,(H,20,21,26). The van der Waals surface area contributed by atoms with E-state index in [2.05, 4.69) is 26.6 Å². The summed E-state index contributed by atoms with van der Waals surface area (Å²) in [6, 6.07) is 7.67. The van der Waals surface area contributed by atoms with E-state index in [1.54, 1.807) is 21.6 Å². The van der Waals surface area contributed by atoms with Crippen LogP contribution in [0.5, 0.6) is 0 Å². The van der Waals surface area contributed by atoms with Gasteiger partial charge in [0.05, 0.1) is 26.6 Å². The number of carbonyl (C=O) groups is 1. The van der Waals surface area contributed by atoms with Crippen molar-refractivity contribution in [1.82, 2.24) is 24.5 Å². The summed E-state index contributed by atoms with van der Waals surface area (Å²) in [7, 11) is 0. The van der Waals surface area contributed by atoms with Gasteiger partial charge in [0.2, 0.25) is 0 Å². The summed E-state index contributed by atoms with van der Waals surface area (Å²) >= 11 is 7.61. The van der Waals surface area contributed by atoms with Crippen LogP contribution in [0.15, 0.2) is 30.5 Å². The number of halogens is 1. The molecule has 0 spiro atoms. The first-order chi connectivity index (χ1) is 12.9. The highest BCUT2D eigenvalue weighted by Crippen LogP contribution is 2.27. The van der Waals surface area contributed by atoms with Crippen LogP contribution in [-0.2, 0) is 6.67 Å². The van der Waals surface area contributed by atoms with Gasteiger partial charge in [-0.25, -0.2) is 9.67 Å². The highest BCUT2D eigenvalue weighted by Gasteiger charge is 2.14. The first-order valence-corrected chi connectivity index (χ1v) is 9.51. The maximum atomic E-state index is 12.5. The molecule has 0 atom stereocenters. The van der Waals surface area contributed by atoms with Crippen molar-refractivity contribution in [2.24, 2.45) is 0 Å². The molecular formula is C18H17ClN6OS. The number of thiazole rings is 1. The third-order valence-corrected chi connectivity index (χ3v) is 5.69. The average Bonchev–Trinajstić information content (AvgIpc) is 3.30. The number of nitrogens with zero attached hydrogens (tertiary/aromatic N) is 5. The highest BCUT2D eigenvalue weighted by atomic mass is 35.5. The molecule has 3 aromatic heterocycles. The predicted molar refractivity (Wildman–Crippen MR) is 107 cm³/mol. The predicted octanol–water partition coefficient (Wildman–Crippen LogP) is 4.03. The van der Waals surface area contributed by atoms with E-state index in [0.717, 1.165) is 27.2 Å². The maximum absolute atomic E-state index is 12.5. The van der Waals surface area contributed by atoms with Gasteiger partial charge in [-0.05, 0) is 44.5 Å². The van der Waals surface area contributed by atoms with Gasteiger partial charge in [0.1, 0.15) is 6.67 Å². The Balaban J connectivity index is 1.50. The molecule has 0 bridgehead atoms. The number of hydrogen-bond acceptors (Lipinski definition) is 5. The van der Waals surface area contributed by atoms with Crippen LogP contribution in [-0.4, -0.2) is 30.5 Å². The molecule has 1 amide bonds. The molecule has 1 aromatic carbocycles. The van der Waals surface area contributed by atoms with E-state index >= 15 is 0 Å². The second-order valence-corrected chi connectivity index (χ2v) is 7.72. The van der Waals surface area contributed by atoms with Crippen LogP contribution in [0.4, 0.5) is 5.13 Å².